The highest BCUT2D eigenvalue weighted by Crippen LogP contribution is 2.50. The Hall–Kier alpha value is -1.10. The topological polar surface area (TPSA) is 64.3 Å². The first kappa shape index (κ1) is 19.9. The molecule has 1 aliphatic carbocycles. The van der Waals surface area contributed by atoms with Gasteiger partial charge >= 0.3 is 0 Å². The predicted octanol–water partition coefficient (Wildman–Crippen LogP) is 3.70. The molecule has 1 amide bonds. The minimum absolute atomic E-state index is 0. The molecule has 130 valence electrons. The highest BCUT2D eigenvalue weighted by molar-refractivity contribution is 5.99. The molecule has 0 saturated heterocycles. The van der Waals surface area contributed by atoms with Crippen LogP contribution in [0, 0.1) is 5.41 Å². The first-order valence-electron chi connectivity index (χ1n) is 8.04. The van der Waals surface area contributed by atoms with Crippen molar-refractivity contribution in [3.05, 3.63) is 29.8 Å². The normalized spacial score (nSPS) is 25.4. The molecule has 0 radical (unpaired) electrons. The molecule has 1 aromatic rings. The van der Waals surface area contributed by atoms with E-state index in [0.717, 1.165) is 5.69 Å². The summed E-state index contributed by atoms with van der Waals surface area (Å²) in [7, 11) is 0. The van der Waals surface area contributed by atoms with E-state index in [0.29, 0.717) is 18.9 Å². The smallest absolute Gasteiger partial charge is 0.245 e. The molecule has 4 nitrogen and oxygen atoms in total. The number of amides is 1. The quantitative estimate of drug-likeness (QED) is 0.858. The third kappa shape index (κ3) is 3.54. The van der Waals surface area contributed by atoms with Crippen LogP contribution in [0.1, 0.15) is 52.5 Å². The maximum Gasteiger partial charge on any atom is 0.245 e. The predicted molar refractivity (Wildman–Crippen MR) is 97.1 cm³/mol. The Morgan fingerprint density at radius 3 is 2.61 bits per heavy atom. The molecular formula is C18H29ClN2O2. The molecule has 0 spiro atoms. The fourth-order valence-corrected chi connectivity index (χ4v) is 3.04. The first-order valence-corrected chi connectivity index (χ1v) is 8.04. The molecule has 0 aromatic heterocycles. The van der Waals surface area contributed by atoms with Gasteiger partial charge in [-0.25, -0.2) is 0 Å². The highest BCUT2D eigenvalue weighted by Gasteiger charge is 2.62. The summed E-state index contributed by atoms with van der Waals surface area (Å²) in [5.74, 6) is 0.292. The van der Waals surface area contributed by atoms with Crippen molar-refractivity contribution in [3.63, 3.8) is 0 Å². The molecule has 1 aromatic carbocycles. The fraction of sp³-hybridized carbons (Fsp3) is 0.611. The Balaban J connectivity index is 0.00000264. The number of hydrogen-bond donors (Lipinski definition) is 2. The van der Waals surface area contributed by atoms with Gasteiger partial charge in [-0.05, 0) is 30.5 Å². The molecule has 0 bridgehead atoms. The number of hydrogen-bond acceptors (Lipinski definition) is 3. The van der Waals surface area contributed by atoms with Gasteiger partial charge in [-0.3, -0.25) is 4.79 Å². The monoisotopic (exact) mass is 340 g/mol. The molecule has 2 rings (SSSR count). The van der Waals surface area contributed by atoms with Crippen molar-refractivity contribution in [2.75, 3.05) is 11.9 Å². The SMILES string of the molecule is CCOC1CC(N)(C(=O)Nc2cccc(C(C)C)c2)C1(C)C.Cl. The molecule has 5 heteroatoms. The van der Waals surface area contributed by atoms with Gasteiger partial charge in [0.1, 0.15) is 5.54 Å². The van der Waals surface area contributed by atoms with Crippen LogP contribution in [0.3, 0.4) is 0 Å². The molecule has 2 atom stereocenters. The number of ether oxygens (including phenoxy) is 1. The van der Waals surface area contributed by atoms with Gasteiger partial charge in [0, 0.05) is 24.1 Å². The van der Waals surface area contributed by atoms with Crippen molar-refractivity contribution >= 4 is 24.0 Å². The molecule has 2 unspecified atom stereocenters. The van der Waals surface area contributed by atoms with E-state index in [4.69, 9.17) is 10.5 Å². The number of carbonyl (C=O) groups excluding carboxylic acids is 1. The van der Waals surface area contributed by atoms with Gasteiger partial charge in [-0.2, -0.15) is 0 Å². The van der Waals surface area contributed by atoms with Crippen molar-refractivity contribution in [2.24, 2.45) is 11.1 Å². The summed E-state index contributed by atoms with van der Waals surface area (Å²) in [6.45, 7) is 10.9. The lowest BCUT2D eigenvalue weighted by molar-refractivity contribution is -0.166. The van der Waals surface area contributed by atoms with Gasteiger partial charge in [-0.1, -0.05) is 39.8 Å². The Kier molecular flexibility index (Phi) is 6.25. The number of halogens is 1. The average molecular weight is 341 g/mol. The number of nitrogens with two attached hydrogens (primary N) is 1. The summed E-state index contributed by atoms with van der Waals surface area (Å²) in [6, 6.07) is 7.94. The summed E-state index contributed by atoms with van der Waals surface area (Å²) in [5, 5.41) is 2.98. The number of rotatable bonds is 5. The van der Waals surface area contributed by atoms with E-state index in [1.54, 1.807) is 0 Å². The Labute approximate surface area is 145 Å². The van der Waals surface area contributed by atoms with E-state index in [9.17, 15) is 4.79 Å². The lowest BCUT2D eigenvalue weighted by atomic mass is 9.54. The summed E-state index contributed by atoms with van der Waals surface area (Å²) in [5.41, 5.74) is 7.14. The summed E-state index contributed by atoms with van der Waals surface area (Å²) < 4.78 is 5.68. The Morgan fingerprint density at radius 1 is 1.43 bits per heavy atom. The zero-order valence-electron chi connectivity index (χ0n) is 14.7. The molecule has 1 saturated carbocycles. The lowest BCUT2D eigenvalue weighted by Gasteiger charge is -2.57. The molecule has 3 N–H and O–H groups in total. The van der Waals surface area contributed by atoms with E-state index in [-0.39, 0.29) is 29.8 Å². The number of anilines is 1. The van der Waals surface area contributed by atoms with Gasteiger partial charge in [0.2, 0.25) is 5.91 Å². The zero-order valence-corrected chi connectivity index (χ0v) is 15.5. The van der Waals surface area contributed by atoms with Crippen molar-refractivity contribution in [1.82, 2.24) is 0 Å². The van der Waals surface area contributed by atoms with Crippen LogP contribution in [-0.2, 0) is 9.53 Å². The fourth-order valence-electron chi connectivity index (χ4n) is 3.04. The second-order valence-electron chi connectivity index (χ2n) is 7.08. The second-order valence-corrected chi connectivity index (χ2v) is 7.08. The van der Waals surface area contributed by atoms with Gasteiger partial charge in [0.05, 0.1) is 6.10 Å². The van der Waals surface area contributed by atoms with Crippen LogP contribution in [0.4, 0.5) is 5.69 Å². The van der Waals surface area contributed by atoms with Crippen LogP contribution in [0.25, 0.3) is 0 Å². The largest absolute Gasteiger partial charge is 0.378 e. The number of benzene rings is 1. The molecule has 0 heterocycles. The third-order valence-corrected chi connectivity index (χ3v) is 5.05. The molecule has 23 heavy (non-hydrogen) atoms. The first-order chi connectivity index (χ1) is 10.2. The van der Waals surface area contributed by atoms with E-state index in [2.05, 4.69) is 25.2 Å². The van der Waals surface area contributed by atoms with Crippen molar-refractivity contribution in [2.45, 2.75) is 58.6 Å². The summed E-state index contributed by atoms with van der Waals surface area (Å²) in [4.78, 5) is 12.7. The number of nitrogens with one attached hydrogen (secondary N) is 1. The standard InChI is InChI=1S/C18H28N2O2.ClH/c1-6-22-15-11-18(19,17(15,4)5)16(21)20-14-9-7-8-13(10-14)12(2)3;/h7-10,12,15H,6,11,19H2,1-5H3,(H,20,21);1H. The zero-order chi connectivity index (χ0) is 16.5. The second kappa shape index (κ2) is 7.20. The van der Waals surface area contributed by atoms with E-state index in [1.807, 2.05) is 39.0 Å². The van der Waals surface area contributed by atoms with Crippen LogP contribution in [0.2, 0.25) is 0 Å². The van der Waals surface area contributed by atoms with Crippen molar-refractivity contribution in [3.8, 4) is 0 Å². The van der Waals surface area contributed by atoms with Crippen LogP contribution in [0.5, 0.6) is 0 Å². The highest BCUT2D eigenvalue weighted by atomic mass is 35.5. The van der Waals surface area contributed by atoms with Crippen LogP contribution >= 0.6 is 12.4 Å². The molecular weight excluding hydrogens is 312 g/mol. The van der Waals surface area contributed by atoms with Gasteiger partial charge in [0.25, 0.3) is 0 Å². The third-order valence-electron chi connectivity index (χ3n) is 5.05. The van der Waals surface area contributed by atoms with Crippen LogP contribution in [-0.4, -0.2) is 24.2 Å². The van der Waals surface area contributed by atoms with Crippen molar-refractivity contribution < 1.29 is 9.53 Å². The maximum absolute atomic E-state index is 12.7. The minimum atomic E-state index is -0.888. The lowest BCUT2D eigenvalue weighted by Crippen LogP contribution is -2.74. The molecule has 1 aliphatic rings. The van der Waals surface area contributed by atoms with E-state index >= 15 is 0 Å². The van der Waals surface area contributed by atoms with Crippen molar-refractivity contribution in [1.29, 1.82) is 0 Å². The maximum atomic E-state index is 12.7. The van der Waals surface area contributed by atoms with Gasteiger partial charge in [-0.15, -0.1) is 12.4 Å². The Morgan fingerprint density at radius 2 is 2.09 bits per heavy atom. The number of carbonyl (C=O) groups is 1. The van der Waals surface area contributed by atoms with Crippen LogP contribution in [0.15, 0.2) is 24.3 Å². The van der Waals surface area contributed by atoms with Gasteiger partial charge < -0.3 is 15.8 Å². The Bertz CT molecular complexity index is 560. The van der Waals surface area contributed by atoms with E-state index in [1.165, 1.54) is 5.56 Å². The average Bonchev–Trinajstić information content (AvgIpc) is 2.47. The van der Waals surface area contributed by atoms with E-state index < -0.39 is 5.54 Å². The molecule has 1 fully saturated rings. The summed E-state index contributed by atoms with van der Waals surface area (Å²) in [6.07, 6.45) is 0.596. The van der Waals surface area contributed by atoms with Gasteiger partial charge in [0.15, 0.2) is 0 Å². The van der Waals surface area contributed by atoms with Crippen LogP contribution < -0.4 is 11.1 Å². The summed E-state index contributed by atoms with van der Waals surface area (Å²) >= 11 is 0. The molecule has 0 aliphatic heterocycles. The minimum Gasteiger partial charge on any atom is -0.378 e.